The third-order valence-corrected chi connectivity index (χ3v) is 7.72. The van der Waals surface area contributed by atoms with E-state index in [1.165, 1.54) is 0 Å². The highest BCUT2D eigenvalue weighted by Gasteiger charge is 2.34. The van der Waals surface area contributed by atoms with E-state index in [9.17, 15) is 5.11 Å². The van der Waals surface area contributed by atoms with Crippen molar-refractivity contribution < 1.29 is 14.4 Å². The summed E-state index contributed by atoms with van der Waals surface area (Å²) in [6.07, 6.45) is 7.43. The van der Waals surface area contributed by atoms with Crippen molar-refractivity contribution in [2.24, 2.45) is 7.05 Å². The van der Waals surface area contributed by atoms with Gasteiger partial charge in [0.1, 0.15) is 17.5 Å². The van der Waals surface area contributed by atoms with E-state index in [-0.39, 0.29) is 12.2 Å². The minimum atomic E-state index is -0.185. The van der Waals surface area contributed by atoms with Crippen LogP contribution in [0.1, 0.15) is 61.3 Å². The van der Waals surface area contributed by atoms with E-state index >= 15 is 0 Å². The van der Waals surface area contributed by atoms with E-state index in [4.69, 9.17) is 37.7 Å². The molecule has 0 amide bonds. The van der Waals surface area contributed by atoms with Crippen LogP contribution in [0.15, 0.2) is 53.2 Å². The number of aliphatic hydroxyl groups is 1. The van der Waals surface area contributed by atoms with Crippen LogP contribution in [0.5, 0.6) is 0 Å². The molecule has 192 valence electrons. The SMILES string of the molecule is Cn1cc(C#N)c2ccccc21.OC1CCC(OCc2c(-c3c(Cl)cccc3Cl)noc2C2CC2)CC1. The Morgan fingerprint density at radius 3 is 2.43 bits per heavy atom. The summed E-state index contributed by atoms with van der Waals surface area (Å²) in [6, 6.07) is 15.5. The zero-order chi connectivity index (χ0) is 25.9. The van der Waals surface area contributed by atoms with Crippen LogP contribution in [0.3, 0.4) is 0 Å². The number of aromatic nitrogens is 2. The Labute approximate surface area is 226 Å². The molecule has 6 rings (SSSR count). The summed E-state index contributed by atoms with van der Waals surface area (Å²) in [4.78, 5) is 0. The summed E-state index contributed by atoms with van der Waals surface area (Å²) in [5.41, 5.74) is 4.21. The van der Waals surface area contributed by atoms with Gasteiger partial charge in [-0.15, -0.1) is 0 Å². The number of nitrogens with zero attached hydrogens (tertiary/aromatic N) is 3. The van der Waals surface area contributed by atoms with Crippen LogP contribution in [0.2, 0.25) is 10.0 Å². The first-order valence-electron chi connectivity index (χ1n) is 12.6. The minimum Gasteiger partial charge on any atom is -0.393 e. The molecule has 2 saturated carbocycles. The van der Waals surface area contributed by atoms with Crippen molar-refractivity contribution in [2.75, 3.05) is 0 Å². The molecular weight excluding hydrogens is 509 g/mol. The molecule has 2 fully saturated rings. The van der Waals surface area contributed by atoms with Crippen LogP contribution >= 0.6 is 23.2 Å². The number of hydrogen-bond donors (Lipinski definition) is 1. The molecule has 4 aromatic rings. The number of aryl methyl sites for hydroxylation is 1. The lowest BCUT2D eigenvalue weighted by atomic mass is 9.95. The highest BCUT2D eigenvalue weighted by molar-refractivity contribution is 6.39. The third kappa shape index (κ3) is 5.71. The maximum Gasteiger partial charge on any atom is 0.145 e. The predicted molar refractivity (Wildman–Crippen MR) is 145 cm³/mol. The average Bonchev–Trinajstić information content (AvgIpc) is 3.59. The lowest BCUT2D eigenvalue weighted by Crippen LogP contribution is -2.24. The van der Waals surface area contributed by atoms with Crippen LogP contribution in [-0.2, 0) is 18.4 Å². The van der Waals surface area contributed by atoms with Crippen molar-refractivity contribution in [3.8, 4) is 17.3 Å². The first kappa shape index (κ1) is 25.8. The standard InChI is InChI=1S/C19H21Cl2NO3.C10H8N2/c20-15-2-1-3-16(21)17(15)18-14(19(25-22-18)11-4-5-11)10-24-13-8-6-12(23)7-9-13;1-12-7-8(6-11)9-4-2-3-5-10(9)12/h1-3,11-13,23H,4-10H2;2-5,7H,1H3. The van der Waals surface area contributed by atoms with Crippen LogP contribution in [0.25, 0.3) is 22.2 Å². The monoisotopic (exact) mass is 537 g/mol. The van der Waals surface area contributed by atoms with E-state index in [2.05, 4.69) is 11.2 Å². The second-order valence-corrected chi connectivity index (χ2v) is 10.6. The quantitative estimate of drug-likeness (QED) is 0.286. The van der Waals surface area contributed by atoms with Gasteiger partial charge in [-0.3, -0.25) is 0 Å². The molecule has 2 aromatic carbocycles. The number of halogens is 2. The van der Waals surface area contributed by atoms with Gasteiger partial charge in [0.15, 0.2) is 0 Å². The summed E-state index contributed by atoms with van der Waals surface area (Å²) in [7, 11) is 1.95. The maximum atomic E-state index is 9.65. The van der Waals surface area contributed by atoms with Gasteiger partial charge in [-0.25, -0.2) is 0 Å². The van der Waals surface area contributed by atoms with Gasteiger partial charge in [-0.1, -0.05) is 52.6 Å². The van der Waals surface area contributed by atoms with Gasteiger partial charge in [-0.05, 0) is 56.7 Å². The molecule has 0 unspecified atom stereocenters. The molecule has 2 aliphatic rings. The Balaban J connectivity index is 0.000000195. The molecule has 2 aliphatic carbocycles. The average molecular weight is 538 g/mol. The number of para-hydroxylation sites is 1. The fraction of sp³-hybridized carbons (Fsp3) is 0.379. The van der Waals surface area contributed by atoms with Gasteiger partial charge < -0.3 is 18.9 Å². The van der Waals surface area contributed by atoms with Crippen molar-refractivity contribution in [3.63, 3.8) is 0 Å². The number of ether oxygens (including phenoxy) is 1. The van der Waals surface area contributed by atoms with Gasteiger partial charge in [0.05, 0.1) is 34.4 Å². The predicted octanol–water partition coefficient (Wildman–Crippen LogP) is 7.40. The van der Waals surface area contributed by atoms with Crippen LogP contribution in [0.4, 0.5) is 0 Å². The number of fused-ring (bicyclic) bond motifs is 1. The summed E-state index contributed by atoms with van der Waals surface area (Å²) in [6.45, 7) is 0.437. The number of hydrogen-bond acceptors (Lipinski definition) is 5. The van der Waals surface area contributed by atoms with E-state index < -0.39 is 0 Å². The normalized spacial score (nSPS) is 19.3. The van der Waals surface area contributed by atoms with Crippen LogP contribution in [0, 0.1) is 11.3 Å². The Kier molecular flexibility index (Phi) is 7.87. The molecule has 0 spiro atoms. The van der Waals surface area contributed by atoms with Gasteiger partial charge >= 0.3 is 0 Å². The fourth-order valence-corrected chi connectivity index (χ4v) is 5.47. The Hall–Kier alpha value is -2.82. The lowest BCUT2D eigenvalue weighted by molar-refractivity contribution is -0.0121. The van der Waals surface area contributed by atoms with Crippen LogP contribution < -0.4 is 0 Å². The molecule has 2 aromatic heterocycles. The van der Waals surface area contributed by atoms with Gasteiger partial charge in [0, 0.05) is 41.2 Å². The molecule has 0 aliphatic heterocycles. The smallest absolute Gasteiger partial charge is 0.145 e. The molecular formula is C29H29Cl2N3O3. The van der Waals surface area contributed by atoms with Crippen LogP contribution in [-0.4, -0.2) is 27.0 Å². The fourth-order valence-electron chi connectivity index (χ4n) is 4.89. The van der Waals surface area contributed by atoms with Gasteiger partial charge in [-0.2, -0.15) is 5.26 Å². The Morgan fingerprint density at radius 1 is 1.05 bits per heavy atom. The lowest BCUT2D eigenvalue weighted by Gasteiger charge is -2.25. The molecule has 8 heteroatoms. The molecule has 1 N–H and O–H groups in total. The van der Waals surface area contributed by atoms with E-state index in [1.54, 1.807) is 12.1 Å². The van der Waals surface area contributed by atoms with E-state index in [1.807, 2.05) is 48.1 Å². The highest BCUT2D eigenvalue weighted by Crippen LogP contribution is 2.46. The van der Waals surface area contributed by atoms with E-state index in [0.717, 1.165) is 66.3 Å². The summed E-state index contributed by atoms with van der Waals surface area (Å²) in [5, 5.41) is 24.9. The summed E-state index contributed by atoms with van der Waals surface area (Å²) >= 11 is 12.7. The molecule has 6 nitrogen and oxygen atoms in total. The van der Waals surface area contributed by atoms with Crippen molar-refractivity contribution in [3.05, 3.63) is 75.6 Å². The number of benzene rings is 2. The molecule has 0 radical (unpaired) electrons. The molecule has 0 bridgehead atoms. The summed E-state index contributed by atoms with van der Waals surface area (Å²) in [5.74, 6) is 1.33. The molecule has 37 heavy (non-hydrogen) atoms. The molecule has 2 heterocycles. The second kappa shape index (κ2) is 11.3. The molecule has 0 atom stereocenters. The first-order valence-corrected chi connectivity index (χ1v) is 13.4. The zero-order valence-electron chi connectivity index (χ0n) is 20.7. The minimum absolute atomic E-state index is 0.167. The number of rotatable bonds is 5. The van der Waals surface area contributed by atoms with Gasteiger partial charge in [0.2, 0.25) is 0 Å². The van der Waals surface area contributed by atoms with Crippen molar-refractivity contribution in [1.82, 2.24) is 9.72 Å². The first-order chi connectivity index (χ1) is 18.0. The number of nitriles is 1. The summed E-state index contributed by atoms with van der Waals surface area (Å²) < 4.78 is 13.8. The van der Waals surface area contributed by atoms with Crippen molar-refractivity contribution in [2.45, 2.75) is 63.3 Å². The highest BCUT2D eigenvalue weighted by atomic mass is 35.5. The largest absolute Gasteiger partial charge is 0.393 e. The maximum absolute atomic E-state index is 9.65. The Morgan fingerprint density at radius 2 is 1.76 bits per heavy atom. The number of aliphatic hydroxyl groups excluding tert-OH is 1. The zero-order valence-corrected chi connectivity index (χ0v) is 22.2. The topological polar surface area (TPSA) is 84.2 Å². The Bertz CT molecular complexity index is 1410. The third-order valence-electron chi connectivity index (χ3n) is 7.09. The van der Waals surface area contributed by atoms with Gasteiger partial charge in [0.25, 0.3) is 0 Å². The van der Waals surface area contributed by atoms with Crippen molar-refractivity contribution in [1.29, 1.82) is 5.26 Å². The van der Waals surface area contributed by atoms with E-state index in [0.29, 0.717) is 33.8 Å². The second-order valence-electron chi connectivity index (χ2n) is 9.77. The van der Waals surface area contributed by atoms with Crippen molar-refractivity contribution >= 4 is 34.1 Å². The molecule has 0 saturated heterocycles.